The van der Waals surface area contributed by atoms with Crippen LogP contribution in [0.25, 0.3) is 0 Å². The van der Waals surface area contributed by atoms with Crippen molar-refractivity contribution >= 4 is 29.1 Å². The largest absolute Gasteiger partial charge is 0.479 e. The number of rotatable bonds is 6. The number of carbonyl (C=O) groups excluding carboxylic acids is 3. The third-order valence-electron chi connectivity index (χ3n) is 4.94. The normalized spacial score (nSPS) is 15.6. The average Bonchev–Trinajstić information content (AvgIpc) is 2.73. The van der Waals surface area contributed by atoms with Crippen molar-refractivity contribution in [1.29, 1.82) is 0 Å². The molecule has 10 heteroatoms. The predicted molar refractivity (Wildman–Crippen MR) is 111 cm³/mol. The van der Waals surface area contributed by atoms with Crippen LogP contribution in [0, 0.1) is 0 Å². The molecule has 0 fully saturated rings. The van der Waals surface area contributed by atoms with Gasteiger partial charge in [-0.25, -0.2) is 0 Å². The number of anilines is 2. The summed E-state index contributed by atoms with van der Waals surface area (Å²) in [6.07, 6.45) is -5.39. The average molecular weight is 449 g/mol. The van der Waals surface area contributed by atoms with E-state index in [2.05, 4.69) is 5.32 Å². The van der Waals surface area contributed by atoms with E-state index < -0.39 is 36.2 Å². The van der Waals surface area contributed by atoms with Crippen molar-refractivity contribution in [2.45, 2.75) is 25.6 Å². The fourth-order valence-corrected chi connectivity index (χ4v) is 3.32. The fraction of sp³-hybridized carbons (Fsp3) is 0.318. The number of hydrogen-bond donors (Lipinski definition) is 1. The van der Waals surface area contributed by atoms with Crippen molar-refractivity contribution in [3.05, 3.63) is 54.1 Å². The first-order chi connectivity index (χ1) is 15.1. The molecular weight excluding hydrogens is 427 g/mol. The number of para-hydroxylation sites is 3. The third kappa shape index (κ3) is 5.19. The Hall–Kier alpha value is -3.56. The Bertz CT molecular complexity index is 1030. The quantitative estimate of drug-likeness (QED) is 0.734. The highest BCUT2D eigenvalue weighted by Crippen LogP contribution is 2.35. The monoisotopic (exact) mass is 449 g/mol. The van der Waals surface area contributed by atoms with Crippen LogP contribution in [0.15, 0.2) is 48.5 Å². The molecule has 1 aliphatic heterocycles. The molecule has 0 saturated carbocycles. The highest BCUT2D eigenvalue weighted by atomic mass is 19.4. The second kappa shape index (κ2) is 9.29. The summed E-state index contributed by atoms with van der Waals surface area (Å²) in [5, 5.41) is 2.20. The number of ether oxygens (including phenoxy) is 1. The molecule has 1 aliphatic rings. The topological polar surface area (TPSA) is 79.0 Å². The van der Waals surface area contributed by atoms with Gasteiger partial charge in [-0.3, -0.25) is 14.4 Å². The van der Waals surface area contributed by atoms with Crippen molar-refractivity contribution in [3.8, 4) is 5.75 Å². The first-order valence-electron chi connectivity index (χ1n) is 9.85. The first kappa shape index (κ1) is 23.1. The lowest BCUT2D eigenvalue weighted by atomic mass is 10.1. The molecule has 0 bridgehead atoms. The van der Waals surface area contributed by atoms with Gasteiger partial charge in [0.1, 0.15) is 5.75 Å². The Morgan fingerprint density at radius 1 is 1.12 bits per heavy atom. The number of fused-ring (bicyclic) bond motifs is 1. The number of alkyl halides is 3. The Morgan fingerprint density at radius 3 is 2.50 bits per heavy atom. The van der Waals surface area contributed by atoms with Gasteiger partial charge in [0.2, 0.25) is 11.8 Å². The summed E-state index contributed by atoms with van der Waals surface area (Å²) in [6.45, 7) is 1.25. The minimum atomic E-state index is -4.62. The Kier molecular flexibility index (Phi) is 6.71. The van der Waals surface area contributed by atoms with Crippen LogP contribution >= 0.6 is 0 Å². The number of nitrogens with zero attached hydrogens (tertiary/aromatic N) is 2. The Balaban J connectivity index is 1.59. The van der Waals surface area contributed by atoms with Crippen molar-refractivity contribution in [1.82, 2.24) is 4.90 Å². The number of nitrogens with one attached hydrogen (secondary N) is 1. The van der Waals surface area contributed by atoms with Crippen LogP contribution in [0.4, 0.5) is 24.5 Å². The molecule has 1 atom stereocenters. The van der Waals surface area contributed by atoms with Crippen molar-refractivity contribution < 1.29 is 32.3 Å². The van der Waals surface area contributed by atoms with Crippen LogP contribution in [0.1, 0.15) is 18.9 Å². The fourth-order valence-electron chi connectivity index (χ4n) is 3.32. The number of halogens is 3. The van der Waals surface area contributed by atoms with Crippen LogP contribution < -0.4 is 15.0 Å². The summed E-state index contributed by atoms with van der Waals surface area (Å²) in [7, 11) is 1.37. The summed E-state index contributed by atoms with van der Waals surface area (Å²) in [4.78, 5) is 39.8. The summed E-state index contributed by atoms with van der Waals surface area (Å²) in [5.74, 6) is -0.962. The second-order valence-electron chi connectivity index (χ2n) is 7.31. The van der Waals surface area contributed by atoms with E-state index >= 15 is 0 Å². The van der Waals surface area contributed by atoms with Crippen molar-refractivity contribution in [2.75, 3.05) is 30.4 Å². The molecule has 7 nitrogen and oxygen atoms in total. The highest BCUT2D eigenvalue weighted by molar-refractivity contribution is 6.00. The van der Waals surface area contributed by atoms with E-state index in [0.717, 1.165) is 17.0 Å². The lowest BCUT2D eigenvalue weighted by Gasteiger charge is -2.33. The minimum absolute atomic E-state index is 0.0737. The van der Waals surface area contributed by atoms with Gasteiger partial charge < -0.3 is 19.9 Å². The number of carbonyl (C=O) groups is 3. The van der Waals surface area contributed by atoms with Crippen LogP contribution in [0.2, 0.25) is 0 Å². The molecule has 1 heterocycles. The van der Waals surface area contributed by atoms with Gasteiger partial charge in [0.15, 0.2) is 6.10 Å². The maximum atomic E-state index is 13.1. The molecule has 32 heavy (non-hydrogen) atoms. The number of amides is 3. The summed E-state index contributed by atoms with van der Waals surface area (Å²) < 4.78 is 44.8. The number of benzene rings is 2. The van der Waals surface area contributed by atoms with E-state index in [4.69, 9.17) is 4.74 Å². The molecule has 0 saturated heterocycles. The van der Waals surface area contributed by atoms with Crippen LogP contribution in [0.3, 0.4) is 0 Å². The molecular formula is C22H22F3N3O4. The van der Waals surface area contributed by atoms with Crippen molar-refractivity contribution in [3.63, 3.8) is 0 Å². The molecule has 0 aliphatic carbocycles. The Morgan fingerprint density at radius 2 is 1.78 bits per heavy atom. The molecule has 0 aromatic heterocycles. The molecule has 3 rings (SSSR count). The van der Waals surface area contributed by atoms with Gasteiger partial charge >= 0.3 is 6.18 Å². The Labute approximate surface area is 182 Å². The number of likely N-dealkylation sites (N-methyl/N-ethyl adjacent to an activating group) is 1. The summed E-state index contributed by atoms with van der Waals surface area (Å²) in [6, 6.07) is 11.6. The maximum absolute atomic E-state index is 13.1. The van der Waals surface area contributed by atoms with E-state index in [1.165, 1.54) is 24.1 Å². The summed E-state index contributed by atoms with van der Waals surface area (Å²) >= 11 is 0. The zero-order valence-electron chi connectivity index (χ0n) is 17.5. The van der Waals surface area contributed by atoms with E-state index in [1.807, 2.05) is 0 Å². The van der Waals surface area contributed by atoms with E-state index in [-0.39, 0.29) is 24.6 Å². The standard InChI is InChI=1S/C22H22F3N3O4/c1-14-21(31)28(17-9-5-6-10-18(17)32-14)12-11-20(30)27(2)13-19(29)26-16-8-4-3-7-15(16)22(23,24)25/h3-10,14H,11-13H2,1-2H3,(H,26,29)/t14-/m1/s1. The van der Waals surface area contributed by atoms with Gasteiger partial charge in [-0.2, -0.15) is 13.2 Å². The highest BCUT2D eigenvalue weighted by Gasteiger charge is 2.34. The smallest absolute Gasteiger partial charge is 0.418 e. The van der Waals surface area contributed by atoms with E-state index in [0.29, 0.717) is 11.4 Å². The number of hydrogen-bond acceptors (Lipinski definition) is 4. The van der Waals surface area contributed by atoms with Gasteiger partial charge in [-0.15, -0.1) is 0 Å². The van der Waals surface area contributed by atoms with Gasteiger partial charge in [-0.1, -0.05) is 24.3 Å². The molecule has 3 amide bonds. The van der Waals surface area contributed by atoms with Gasteiger partial charge in [0.05, 0.1) is 23.5 Å². The minimum Gasteiger partial charge on any atom is -0.479 e. The molecule has 0 radical (unpaired) electrons. The van der Waals surface area contributed by atoms with Gasteiger partial charge in [0.25, 0.3) is 5.91 Å². The molecule has 0 unspecified atom stereocenters. The molecule has 0 spiro atoms. The second-order valence-corrected chi connectivity index (χ2v) is 7.31. The molecule has 170 valence electrons. The van der Waals surface area contributed by atoms with Gasteiger partial charge in [0, 0.05) is 20.0 Å². The summed E-state index contributed by atoms with van der Waals surface area (Å²) in [5.41, 5.74) is -0.802. The van der Waals surface area contributed by atoms with Crippen LogP contribution in [-0.4, -0.2) is 48.9 Å². The van der Waals surface area contributed by atoms with Gasteiger partial charge in [-0.05, 0) is 31.2 Å². The lowest BCUT2D eigenvalue weighted by molar-refractivity contribution is -0.137. The van der Waals surface area contributed by atoms with Crippen molar-refractivity contribution in [2.24, 2.45) is 0 Å². The third-order valence-corrected chi connectivity index (χ3v) is 4.94. The van der Waals surface area contributed by atoms with E-state index in [1.54, 1.807) is 31.2 Å². The molecule has 2 aromatic carbocycles. The molecule has 2 aromatic rings. The first-order valence-corrected chi connectivity index (χ1v) is 9.85. The van der Waals surface area contributed by atoms with Crippen LogP contribution in [0.5, 0.6) is 5.75 Å². The maximum Gasteiger partial charge on any atom is 0.418 e. The van der Waals surface area contributed by atoms with E-state index in [9.17, 15) is 27.6 Å². The molecule has 1 N–H and O–H groups in total. The predicted octanol–water partition coefficient (Wildman–Crippen LogP) is 3.31. The SMILES string of the molecule is C[C@H]1Oc2ccccc2N(CCC(=O)N(C)CC(=O)Nc2ccccc2C(F)(F)F)C1=O. The van der Waals surface area contributed by atoms with Crippen LogP contribution in [-0.2, 0) is 20.6 Å². The zero-order valence-corrected chi connectivity index (χ0v) is 17.5. The lowest BCUT2D eigenvalue weighted by Crippen LogP contribution is -2.46. The zero-order chi connectivity index (χ0) is 23.5.